The second-order valence-electron chi connectivity index (χ2n) is 10.7. The topological polar surface area (TPSA) is 68.3 Å². The van der Waals surface area contributed by atoms with Crippen molar-refractivity contribution in [1.29, 1.82) is 0 Å². The summed E-state index contributed by atoms with van der Waals surface area (Å²) < 4.78 is 17.9. The first-order valence-electron chi connectivity index (χ1n) is 10.7. The summed E-state index contributed by atoms with van der Waals surface area (Å²) in [6, 6.07) is 0. The van der Waals surface area contributed by atoms with Crippen molar-refractivity contribution in [3.05, 3.63) is 0 Å². The minimum absolute atomic E-state index is 0.0601. The predicted molar refractivity (Wildman–Crippen MR) is 101 cm³/mol. The normalized spacial score (nSPS) is 50.6. The average Bonchev–Trinajstić information content (AvgIpc) is 3.18. The molecule has 154 valence electrons. The zero-order valence-corrected chi connectivity index (χ0v) is 17.5. The number of aliphatic hydroxyl groups excluding tert-OH is 1. The average molecular weight is 381 g/mol. The summed E-state index contributed by atoms with van der Waals surface area (Å²) >= 11 is 0. The van der Waals surface area contributed by atoms with E-state index in [0.29, 0.717) is 11.3 Å². The van der Waals surface area contributed by atoms with E-state index in [4.69, 9.17) is 14.2 Å². The summed E-state index contributed by atoms with van der Waals surface area (Å²) in [6.07, 6.45) is 6.66. The summed E-state index contributed by atoms with van der Waals surface area (Å²) in [5.41, 5.74) is -0.170. The standard InChI is InChI=1S/C22H36O5/c1-14(24)25-13-22(18(12-23)27-22)17-11-16-20(4)9-6-8-19(2,3)15(20)7-10-21(16,5)26-17/h15-18,23H,6-13H2,1-5H3/t15-,16+,17-,18+,20-,21+,22-/m0/s1. The monoisotopic (exact) mass is 380 g/mol. The van der Waals surface area contributed by atoms with Crippen LogP contribution in [0, 0.1) is 22.7 Å². The molecule has 27 heavy (non-hydrogen) atoms. The molecule has 0 unspecified atom stereocenters. The van der Waals surface area contributed by atoms with E-state index in [1.54, 1.807) is 0 Å². The molecule has 7 atom stereocenters. The fourth-order valence-electron chi connectivity index (χ4n) is 7.29. The Morgan fingerprint density at radius 3 is 2.48 bits per heavy atom. The molecule has 0 amide bonds. The van der Waals surface area contributed by atoms with Crippen molar-refractivity contribution < 1.29 is 24.1 Å². The molecule has 0 radical (unpaired) electrons. The third kappa shape index (κ3) is 2.87. The lowest BCUT2D eigenvalue weighted by Crippen LogP contribution is -2.55. The minimum Gasteiger partial charge on any atom is -0.463 e. The molecular weight excluding hydrogens is 344 g/mol. The van der Waals surface area contributed by atoms with E-state index in [-0.39, 0.29) is 42.4 Å². The van der Waals surface area contributed by atoms with E-state index >= 15 is 0 Å². The number of rotatable bonds is 4. The lowest BCUT2D eigenvalue weighted by atomic mass is 9.45. The molecule has 0 aromatic carbocycles. The molecule has 0 spiro atoms. The summed E-state index contributed by atoms with van der Waals surface area (Å²) in [5, 5.41) is 9.68. The maximum absolute atomic E-state index is 11.4. The van der Waals surface area contributed by atoms with Crippen LogP contribution in [0.15, 0.2) is 0 Å². The van der Waals surface area contributed by atoms with Crippen molar-refractivity contribution in [2.24, 2.45) is 22.7 Å². The molecule has 4 aliphatic rings. The van der Waals surface area contributed by atoms with Gasteiger partial charge in [0.25, 0.3) is 0 Å². The van der Waals surface area contributed by atoms with Crippen molar-refractivity contribution in [2.75, 3.05) is 13.2 Å². The van der Waals surface area contributed by atoms with Crippen LogP contribution < -0.4 is 0 Å². The third-order valence-electron chi connectivity index (χ3n) is 8.66. The second-order valence-corrected chi connectivity index (χ2v) is 10.7. The Morgan fingerprint density at radius 1 is 1.11 bits per heavy atom. The zero-order valence-electron chi connectivity index (χ0n) is 17.5. The van der Waals surface area contributed by atoms with Crippen LogP contribution in [0.25, 0.3) is 0 Å². The molecule has 0 aromatic rings. The Hall–Kier alpha value is -0.650. The number of carbonyl (C=O) groups is 1. The largest absolute Gasteiger partial charge is 0.463 e. The maximum atomic E-state index is 11.4. The van der Waals surface area contributed by atoms with Gasteiger partial charge in [0.05, 0.1) is 18.3 Å². The number of hydrogen-bond donors (Lipinski definition) is 1. The summed E-state index contributed by atoms with van der Waals surface area (Å²) in [4.78, 5) is 11.4. The summed E-state index contributed by atoms with van der Waals surface area (Å²) in [5.74, 6) is 0.882. The summed E-state index contributed by atoms with van der Waals surface area (Å²) in [7, 11) is 0. The van der Waals surface area contributed by atoms with Gasteiger partial charge in [0.1, 0.15) is 12.7 Å². The fourth-order valence-corrected chi connectivity index (χ4v) is 7.29. The van der Waals surface area contributed by atoms with Crippen LogP contribution in [0.4, 0.5) is 0 Å². The Labute approximate surface area is 163 Å². The van der Waals surface area contributed by atoms with E-state index < -0.39 is 5.60 Å². The second kappa shape index (κ2) is 6.17. The maximum Gasteiger partial charge on any atom is 0.302 e. The SMILES string of the molecule is CC(=O)OC[C@@]1([C@@H]2C[C@@H]3[C@@]4(C)CCCC(C)(C)[C@@H]4CC[C@@]3(C)O2)O[C@@H]1CO. The van der Waals surface area contributed by atoms with Crippen LogP contribution in [-0.4, -0.2) is 47.7 Å². The zero-order chi connectivity index (χ0) is 19.7. The molecule has 4 rings (SSSR count). The Morgan fingerprint density at radius 2 is 1.85 bits per heavy atom. The number of epoxide rings is 1. The van der Waals surface area contributed by atoms with Crippen LogP contribution in [0.5, 0.6) is 0 Å². The number of esters is 1. The van der Waals surface area contributed by atoms with Gasteiger partial charge in [-0.2, -0.15) is 0 Å². The minimum atomic E-state index is -0.670. The first-order chi connectivity index (χ1) is 12.6. The molecule has 2 saturated heterocycles. The number of aliphatic hydroxyl groups is 1. The van der Waals surface area contributed by atoms with Crippen molar-refractivity contribution in [3.8, 4) is 0 Å². The highest BCUT2D eigenvalue weighted by molar-refractivity contribution is 5.66. The van der Waals surface area contributed by atoms with Gasteiger partial charge in [-0.25, -0.2) is 0 Å². The number of carbonyl (C=O) groups excluding carboxylic acids is 1. The molecule has 5 nitrogen and oxygen atoms in total. The van der Waals surface area contributed by atoms with E-state index in [0.717, 1.165) is 18.8 Å². The van der Waals surface area contributed by atoms with Gasteiger partial charge in [-0.1, -0.05) is 27.2 Å². The van der Waals surface area contributed by atoms with E-state index in [1.807, 2.05) is 0 Å². The van der Waals surface area contributed by atoms with E-state index in [1.165, 1.54) is 32.6 Å². The third-order valence-corrected chi connectivity index (χ3v) is 8.66. The van der Waals surface area contributed by atoms with Gasteiger partial charge in [-0.3, -0.25) is 4.79 Å². The quantitative estimate of drug-likeness (QED) is 0.597. The van der Waals surface area contributed by atoms with Crippen LogP contribution in [0.1, 0.15) is 73.1 Å². The predicted octanol–water partition coefficient (Wildman–Crippen LogP) is 3.47. The molecule has 2 aliphatic heterocycles. The smallest absolute Gasteiger partial charge is 0.302 e. The highest BCUT2D eigenvalue weighted by Gasteiger charge is 2.70. The molecule has 1 N–H and O–H groups in total. The lowest BCUT2D eigenvalue weighted by molar-refractivity contribution is -0.163. The molecule has 2 aliphatic carbocycles. The Balaban J connectivity index is 1.60. The molecule has 0 bridgehead atoms. The van der Waals surface area contributed by atoms with Gasteiger partial charge in [-0.05, 0) is 61.7 Å². The van der Waals surface area contributed by atoms with Crippen LogP contribution >= 0.6 is 0 Å². The molecule has 0 aromatic heterocycles. The highest BCUT2D eigenvalue weighted by Crippen LogP contribution is 2.67. The van der Waals surface area contributed by atoms with Crippen LogP contribution in [0.3, 0.4) is 0 Å². The van der Waals surface area contributed by atoms with Gasteiger partial charge in [0.15, 0.2) is 5.60 Å². The van der Waals surface area contributed by atoms with Crippen molar-refractivity contribution >= 4 is 5.97 Å². The molecule has 2 heterocycles. The van der Waals surface area contributed by atoms with Crippen LogP contribution in [-0.2, 0) is 19.0 Å². The van der Waals surface area contributed by atoms with Gasteiger partial charge < -0.3 is 19.3 Å². The lowest BCUT2D eigenvalue weighted by Gasteiger charge is -2.60. The first kappa shape index (κ1) is 19.7. The highest BCUT2D eigenvalue weighted by atomic mass is 16.7. The van der Waals surface area contributed by atoms with Gasteiger partial charge in [0, 0.05) is 6.92 Å². The fraction of sp³-hybridized carbons (Fsp3) is 0.955. The number of hydrogen-bond acceptors (Lipinski definition) is 5. The summed E-state index contributed by atoms with van der Waals surface area (Å²) in [6.45, 7) is 11.2. The number of fused-ring (bicyclic) bond motifs is 3. The van der Waals surface area contributed by atoms with Gasteiger partial charge in [-0.15, -0.1) is 0 Å². The van der Waals surface area contributed by atoms with E-state index in [9.17, 15) is 9.90 Å². The first-order valence-corrected chi connectivity index (χ1v) is 10.7. The molecule has 2 saturated carbocycles. The van der Waals surface area contributed by atoms with Gasteiger partial charge >= 0.3 is 5.97 Å². The molecular formula is C22H36O5. The molecule has 5 heteroatoms. The van der Waals surface area contributed by atoms with Crippen LogP contribution in [0.2, 0.25) is 0 Å². The van der Waals surface area contributed by atoms with Crippen molar-refractivity contribution in [3.63, 3.8) is 0 Å². The van der Waals surface area contributed by atoms with Crippen molar-refractivity contribution in [1.82, 2.24) is 0 Å². The van der Waals surface area contributed by atoms with E-state index in [2.05, 4.69) is 27.7 Å². The number of ether oxygens (including phenoxy) is 3. The van der Waals surface area contributed by atoms with Gasteiger partial charge in [0.2, 0.25) is 0 Å². The van der Waals surface area contributed by atoms with Crippen molar-refractivity contribution in [2.45, 2.75) is 96.6 Å². The molecule has 4 fully saturated rings. The Kier molecular flexibility index (Phi) is 4.49. The Bertz CT molecular complexity index is 618.